The number of hydrogen-bond acceptors (Lipinski definition) is 4. The van der Waals surface area contributed by atoms with Gasteiger partial charge in [-0.25, -0.2) is 17.7 Å². The molecule has 0 aliphatic rings. The third-order valence-corrected chi connectivity index (χ3v) is 4.34. The first-order chi connectivity index (χ1) is 8.34. The lowest BCUT2D eigenvalue weighted by Gasteiger charge is -2.11. The molecule has 0 aromatic carbocycles. The number of nitrogens with one attached hydrogen (secondary N) is 1. The van der Waals surface area contributed by atoms with Crippen molar-refractivity contribution in [3.05, 3.63) is 29.0 Å². The van der Waals surface area contributed by atoms with Gasteiger partial charge in [-0.3, -0.25) is 4.79 Å². The fourth-order valence-corrected chi connectivity index (χ4v) is 2.06. The van der Waals surface area contributed by atoms with Gasteiger partial charge in [-0.1, -0.05) is 11.6 Å². The van der Waals surface area contributed by atoms with Crippen LogP contribution in [0.1, 0.15) is 10.4 Å². The standard InChI is InChI=1S/C10H14ClN3O3S/c1-14(2)18(16,17)7-6-13-10(15)8-4-3-5-12-9(8)11/h3-5H,6-7H2,1-2H3,(H,13,15). The van der Waals surface area contributed by atoms with E-state index in [0.29, 0.717) is 0 Å². The highest BCUT2D eigenvalue weighted by Gasteiger charge is 2.15. The van der Waals surface area contributed by atoms with Crippen LogP contribution < -0.4 is 5.32 Å². The molecule has 6 nitrogen and oxygen atoms in total. The molecule has 0 fully saturated rings. The van der Waals surface area contributed by atoms with E-state index in [4.69, 9.17) is 11.6 Å². The van der Waals surface area contributed by atoms with Crippen molar-refractivity contribution >= 4 is 27.5 Å². The van der Waals surface area contributed by atoms with E-state index >= 15 is 0 Å². The summed E-state index contributed by atoms with van der Waals surface area (Å²) in [5, 5.41) is 2.57. The van der Waals surface area contributed by atoms with Gasteiger partial charge in [0, 0.05) is 26.8 Å². The van der Waals surface area contributed by atoms with Crippen molar-refractivity contribution in [1.82, 2.24) is 14.6 Å². The number of rotatable bonds is 5. The van der Waals surface area contributed by atoms with E-state index in [1.165, 1.54) is 26.4 Å². The summed E-state index contributed by atoms with van der Waals surface area (Å²) in [6.07, 6.45) is 1.47. The lowest BCUT2D eigenvalue weighted by atomic mass is 10.3. The Bertz CT molecular complexity index is 531. The normalized spacial score (nSPS) is 11.6. The third-order valence-electron chi connectivity index (χ3n) is 2.21. The highest BCUT2D eigenvalue weighted by molar-refractivity contribution is 7.89. The Morgan fingerprint density at radius 3 is 2.72 bits per heavy atom. The Hall–Kier alpha value is -1.18. The van der Waals surface area contributed by atoms with Gasteiger partial charge >= 0.3 is 0 Å². The fourth-order valence-electron chi connectivity index (χ4n) is 1.13. The van der Waals surface area contributed by atoms with E-state index < -0.39 is 15.9 Å². The van der Waals surface area contributed by atoms with Crippen LogP contribution >= 0.6 is 11.6 Å². The van der Waals surface area contributed by atoms with Crippen molar-refractivity contribution in [2.24, 2.45) is 0 Å². The topological polar surface area (TPSA) is 79.4 Å². The lowest BCUT2D eigenvalue weighted by Crippen LogP contribution is -2.34. The number of sulfonamides is 1. The predicted octanol–water partition coefficient (Wildman–Crippen LogP) is 0.356. The Morgan fingerprint density at radius 1 is 1.50 bits per heavy atom. The number of amides is 1. The molecule has 1 aromatic heterocycles. The lowest BCUT2D eigenvalue weighted by molar-refractivity contribution is 0.0956. The molecule has 8 heteroatoms. The van der Waals surface area contributed by atoms with Gasteiger partial charge in [-0.15, -0.1) is 0 Å². The summed E-state index contributed by atoms with van der Waals surface area (Å²) < 4.78 is 24.0. The maximum absolute atomic E-state index is 11.7. The molecule has 0 aliphatic heterocycles. The molecule has 1 aromatic rings. The maximum Gasteiger partial charge on any atom is 0.254 e. The maximum atomic E-state index is 11.7. The van der Waals surface area contributed by atoms with E-state index in [1.54, 1.807) is 6.07 Å². The zero-order valence-corrected chi connectivity index (χ0v) is 11.6. The molecule has 0 spiro atoms. The predicted molar refractivity (Wildman–Crippen MR) is 69.1 cm³/mol. The Labute approximate surface area is 111 Å². The second-order valence-electron chi connectivity index (χ2n) is 3.70. The second kappa shape index (κ2) is 6.12. The molecule has 1 N–H and O–H groups in total. The number of nitrogens with zero attached hydrogens (tertiary/aromatic N) is 2. The molecule has 18 heavy (non-hydrogen) atoms. The van der Waals surface area contributed by atoms with Crippen LogP contribution in [0.2, 0.25) is 5.15 Å². The first-order valence-corrected chi connectivity index (χ1v) is 7.12. The van der Waals surface area contributed by atoms with Gasteiger partial charge in [0.25, 0.3) is 5.91 Å². The largest absolute Gasteiger partial charge is 0.351 e. The van der Waals surface area contributed by atoms with Crippen LogP contribution in [0.5, 0.6) is 0 Å². The smallest absolute Gasteiger partial charge is 0.254 e. The molecular weight excluding hydrogens is 278 g/mol. The minimum Gasteiger partial charge on any atom is -0.351 e. The van der Waals surface area contributed by atoms with Crippen LogP contribution in [0, 0.1) is 0 Å². The number of carbonyl (C=O) groups excluding carboxylic acids is 1. The SMILES string of the molecule is CN(C)S(=O)(=O)CCNC(=O)c1cccnc1Cl. The van der Waals surface area contributed by atoms with Crippen LogP contribution in [0.4, 0.5) is 0 Å². The summed E-state index contributed by atoms with van der Waals surface area (Å²) in [6, 6.07) is 3.10. The van der Waals surface area contributed by atoms with Gasteiger partial charge < -0.3 is 5.32 Å². The van der Waals surface area contributed by atoms with Crippen LogP contribution in [0.15, 0.2) is 18.3 Å². The summed E-state index contributed by atoms with van der Waals surface area (Å²) in [5.41, 5.74) is 0.224. The highest BCUT2D eigenvalue weighted by Crippen LogP contribution is 2.10. The van der Waals surface area contributed by atoms with Crippen LogP contribution in [0.25, 0.3) is 0 Å². The van der Waals surface area contributed by atoms with E-state index in [-0.39, 0.29) is 23.0 Å². The summed E-state index contributed by atoms with van der Waals surface area (Å²) >= 11 is 5.74. The van der Waals surface area contributed by atoms with Crippen molar-refractivity contribution in [1.29, 1.82) is 0 Å². The average molecular weight is 292 g/mol. The van der Waals surface area contributed by atoms with Gasteiger partial charge in [0.05, 0.1) is 11.3 Å². The molecule has 0 saturated carbocycles. The molecule has 0 unspecified atom stereocenters. The highest BCUT2D eigenvalue weighted by atomic mass is 35.5. The summed E-state index contributed by atoms with van der Waals surface area (Å²) in [4.78, 5) is 15.4. The number of halogens is 1. The van der Waals surface area contributed by atoms with Crippen LogP contribution in [0.3, 0.4) is 0 Å². The number of carbonyl (C=O) groups is 1. The van der Waals surface area contributed by atoms with Gasteiger partial charge in [-0.05, 0) is 12.1 Å². The third kappa shape index (κ3) is 3.94. The molecule has 0 saturated heterocycles. The molecule has 1 rings (SSSR count). The van der Waals surface area contributed by atoms with E-state index in [9.17, 15) is 13.2 Å². The average Bonchev–Trinajstić information content (AvgIpc) is 2.29. The molecule has 0 bridgehead atoms. The second-order valence-corrected chi connectivity index (χ2v) is 6.36. The van der Waals surface area contributed by atoms with Crippen molar-refractivity contribution in [2.75, 3.05) is 26.4 Å². The van der Waals surface area contributed by atoms with Crippen molar-refractivity contribution in [3.63, 3.8) is 0 Å². The van der Waals surface area contributed by atoms with Gasteiger partial charge in [0.15, 0.2) is 0 Å². The monoisotopic (exact) mass is 291 g/mol. The zero-order valence-electron chi connectivity index (χ0n) is 10.1. The molecule has 1 amide bonds. The molecule has 0 atom stereocenters. The van der Waals surface area contributed by atoms with E-state index in [1.807, 2.05) is 0 Å². The van der Waals surface area contributed by atoms with Gasteiger partial charge in [-0.2, -0.15) is 0 Å². The summed E-state index contributed by atoms with van der Waals surface area (Å²) in [7, 11) is -0.437. The van der Waals surface area contributed by atoms with E-state index in [2.05, 4.69) is 10.3 Å². The number of aromatic nitrogens is 1. The molecular formula is C10H14ClN3O3S. The Kier molecular flexibility index (Phi) is 5.06. The quantitative estimate of drug-likeness (QED) is 0.794. The minimum atomic E-state index is -3.32. The van der Waals surface area contributed by atoms with Gasteiger partial charge in [0.1, 0.15) is 5.15 Å². The van der Waals surface area contributed by atoms with Crippen molar-refractivity contribution in [2.45, 2.75) is 0 Å². The van der Waals surface area contributed by atoms with Crippen molar-refractivity contribution < 1.29 is 13.2 Å². The van der Waals surface area contributed by atoms with Crippen LogP contribution in [-0.4, -0.2) is 50.0 Å². The molecule has 1 heterocycles. The van der Waals surface area contributed by atoms with Crippen LogP contribution in [-0.2, 0) is 10.0 Å². The zero-order chi connectivity index (χ0) is 13.8. The Balaban J connectivity index is 2.56. The molecule has 0 radical (unpaired) electrons. The first-order valence-electron chi connectivity index (χ1n) is 5.13. The fraction of sp³-hybridized carbons (Fsp3) is 0.400. The number of pyridine rings is 1. The minimum absolute atomic E-state index is 0.0184. The van der Waals surface area contributed by atoms with Crippen molar-refractivity contribution in [3.8, 4) is 0 Å². The Morgan fingerprint density at radius 2 is 2.17 bits per heavy atom. The summed E-state index contributed by atoms with van der Waals surface area (Å²) in [6.45, 7) is 0.0184. The first kappa shape index (κ1) is 14.9. The van der Waals surface area contributed by atoms with Gasteiger partial charge in [0.2, 0.25) is 10.0 Å². The summed E-state index contributed by atoms with van der Waals surface area (Å²) in [5.74, 6) is -0.606. The molecule has 100 valence electrons. The molecule has 0 aliphatic carbocycles. The van der Waals surface area contributed by atoms with E-state index in [0.717, 1.165) is 4.31 Å². The number of hydrogen-bond donors (Lipinski definition) is 1.